The summed E-state index contributed by atoms with van der Waals surface area (Å²) in [5, 5.41) is 122. The highest BCUT2D eigenvalue weighted by Crippen LogP contribution is 2.48. The number of hydrogen-bond acceptors (Lipinski definition) is 36. The SMILES string of the molecule is C.C=C1N=C(N)C(Br)=CN1C1O[C@H](CCP(=C)(C)C)[C@@H](O)[C@H]1O.C=C1N=C(N)C(C#CC)=CN1C1O[C@H](CCP(=C)(C)C)[C@@H](O)[C@H]1O.C=C1N=C(N)C(CCO)=CN1C1O[C@H](CCP(=C)(C)C)[C@@H](O)[C@H]1O.C=P(C)(C)CC[C@H]1OC(n2ccc(N)nc2=NCCC(C)C(=O)OC(=O)OCC2c3ccccc3-c3ccccc32)[C@H](O)[C@@H]1O.C=P(C)(C)CC[C@H]1OC(n2ccc(N)nc2=NCCCCC(C)C(=O)O)[C@H](O)[C@@H]1O. The summed E-state index contributed by atoms with van der Waals surface area (Å²) < 4.78 is 43.8. The number of rotatable bonds is 34. The van der Waals surface area contributed by atoms with Crippen molar-refractivity contribution >= 4 is 129 Å². The highest BCUT2D eigenvalue weighted by atomic mass is 79.9. The largest absolute Gasteiger partial charge is 0.516 e. The van der Waals surface area contributed by atoms with Gasteiger partial charge in [0.25, 0.3) is 0 Å². The Balaban J connectivity index is 0.000000229. The molecule has 1 aliphatic carbocycles. The number of carbonyl (C=O) groups is 3. The number of nitrogens with zero attached hydrogens (tertiary/aromatic N) is 12. The monoisotopic (exact) mass is 2190 g/mol. The first-order chi connectivity index (χ1) is 67.8. The molecule has 4 aromatic rings. The number of anilines is 2. The number of ether oxygens (including phenoxy) is 7. The number of aliphatic hydroxyl groups is 11. The smallest absolute Gasteiger partial charge is 0.481 e. The van der Waals surface area contributed by atoms with Crippen molar-refractivity contribution in [1.82, 2.24) is 33.8 Å². The van der Waals surface area contributed by atoms with Gasteiger partial charge < -0.3 is 138 Å². The average Bonchev–Trinajstić information content (AvgIpc) is 1.61. The lowest BCUT2D eigenvalue weighted by molar-refractivity contribution is -0.144. The van der Waals surface area contributed by atoms with E-state index in [-0.39, 0.29) is 68.5 Å². The van der Waals surface area contributed by atoms with Gasteiger partial charge in [-0.1, -0.05) is 102 Å². The molecular weight excluding hydrogens is 2040 g/mol. The van der Waals surface area contributed by atoms with Crippen molar-refractivity contribution in [1.29, 1.82) is 0 Å². The summed E-state index contributed by atoms with van der Waals surface area (Å²) in [6, 6.07) is 19.1. The van der Waals surface area contributed by atoms with Crippen LogP contribution < -0.4 is 39.9 Å². The Morgan fingerprint density at radius 2 is 0.842 bits per heavy atom. The van der Waals surface area contributed by atoms with Crippen molar-refractivity contribution in [3.05, 3.63) is 167 Å². The second-order valence-electron chi connectivity index (χ2n) is 41.0. The Hall–Kier alpha value is -8.64. The van der Waals surface area contributed by atoms with Gasteiger partial charge in [-0.2, -0.15) is 9.97 Å². The molecule has 45 heteroatoms. The second-order valence-corrected chi connectivity index (χ2v) is 63.4. The van der Waals surface area contributed by atoms with E-state index in [1.54, 1.807) is 83.2 Å². The number of carboxylic acids is 1. The van der Waals surface area contributed by atoms with Crippen LogP contribution in [-0.4, -0.2) is 396 Å². The molecule has 0 radical (unpaired) electrons. The van der Waals surface area contributed by atoms with Crippen LogP contribution in [0.2, 0.25) is 0 Å². The van der Waals surface area contributed by atoms with Crippen LogP contribution in [0.15, 0.2) is 169 Å². The first-order valence-electron chi connectivity index (χ1n) is 48.0. The number of benzene rings is 2. The molecule has 0 spiro atoms. The molecule has 0 amide bonds. The van der Waals surface area contributed by atoms with Gasteiger partial charge in [-0.05, 0) is 206 Å². The van der Waals surface area contributed by atoms with Gasteiger partial charge in [0.1, 0.15) is 114 Å². The molecule has 810 valence electrons. The third-order valence-corrected chi connectivity index (χ3v) is 33.2. The van der Waals surface area contributed by atoms with Crippen molar-refractivity contribution in [2.24, 2.45) is 54.0 Å². The quantitative estimate of drug-likeness (QED) is 0.00764. The maximum absolute atomic E-state index is 12.7. The number of aliphatic carboxylic acids is 1. The summed E-state index contributed by atoms with van der Waals surface area (Å²) in [5.41, 5.74) is 35.1. The fraction of sp³-hybridized carbons (Fsp3) is 0.554. The molecule has 2 aromatic carbocycles. The lowest BCUT2D eigenvalue weighted by Gasteiger charge is -2.32. The number of nitrogens with two attached hydrogens (primary N) is 5. The first kappa shape index (κ1) is 123. The van der Waals surface area contributed by atoms with Gasteiger partial charge in [0.05, 0.1) is 52.4 Å². The minimum absolute atomic E-state index is 0. The Morgan fingerprint density at radius 3 is 1.23 bits per heavy atom. The molecule has 9 aliphatic rings. The molecule has 7 unspecified atom stereocenters. The van der Waals surface area contributed by atoms with E-state index in [4.69, 9.17) is 72.0 Å². The van der Waals surface area contributed by atoms with Gasteiger partial charge in [0.2, 0.25) is 11.2 Å². The zero-order valence-electron chi connectivity index (χ0n) is 85.3. The third-order valence-electron chi connectivity index (χ3n) is 25.3. The minimum atomic E-state index is -1.34. The van der Waals surface area contributed by atoms with Crippen molar-refractivity contribution in [3.63, 3.8) is 0 Å². The van der Waals surface area contributed by atoms with Crippen LogP contribution >= 0.6 is 50.4 Å². The van der Waals surface area contributed by atoms with E-state index >= 15 is 0 Å². The number of aliphatic imine (C=N–C) groups is 3. The third kappa shape index (κ3) is 34.4. The normalized spacial score (nSPS) is 27.3. The van der Waals surface area contributed by atoms with Crippen molar-refractivity contribution < 1.29 is 109 Å². The standard InChI is InChI=1S/C33H41N4O7P.C20H35N4O5P.C17H26N3O3P.C16H28N3O4P.C14H23BrN3O3P.CH4/c1-20(31(40)44-33(41)42-19-25-23-11-7-5-9-21(23)22-10-6-8-12-24(22)25)13-16-35-32-36-27(34)14-17-37(32)30-29(39)28(38)26(43-30)15-18-45(2,3)4;1-13(19(27)28)7-5-6-10-22-20-23-15(21)8-11-24(20)18-17(26)16(25)14(29-18)9-12-30(2,3)4;1-6-7-12-10-20(11(2)19-16(12)18)17-15(22)14(21)13(23-17)8-9-24(3,4)5;1-10-18-15(17)11(5-7-20)9-19(10)16-14(22)13(21)12(23-16)6-8-24(2,3)4;1-8-17-13(16)9(15)7-18(8)14-12(20)11(19)10(21-14)5-6-22(2,3)4;/h5-12,14,17,20,25-26,28-30,38-39H,2,13,15-16,18-19H2,1,3-4H3,(H2,34,35,36);8,11,13-14,16-18,25-26H,2,5-7,9-10,12H2,1,3-4H3,(H,27,28)(H2,21,22,23);10,13-15,17,21-22H,2-3,8-9H2,1,4-5H3,(H2,18,19);9,12-14,16,20-22H,1-2,5-8H2,3-4H3,(H2,17,18);7,10-12,14,19-20H,1-2,5-6H2,3-4H3,(H2,16,17);1H4/t20?,26-,28-,29-,30?;13?,14-,16-,17-,18?;13-,14-,15-,17?;12-,13-,14-,16?;10-,11-,12-,14?;/m11111./s1. The summed E-state index contributed by atoms with van der Waals surface area (Å²) in [7, 11) is 0. The molecule has 0 saturated carbocycles. The van der Waals surface area contributed by atoms with Crippen LogP contribution in [0.1, 0.15) is 122 Å². The van der Waals surface area contributed by atoms with Crippen LogP contribution in [0, 0.1) is 23.7 Å². The fourth-order valence-corrected chi connectivity index (χ4v) is 21.9. The number of aliphatic hydroxyl groups excluding tert-OH is 11. The van der Waals surface area contributed by atoms with E-state index < -0.39 is 181 Å². The predicted molar refractivity (Wildman–Crippen MR) is 593 cm³/mol. The van der Waals surface area contributed by atoms with Crippen LogP contribution in [-0.2, 0) is 42.7 Å². The van der Waals surface area contributed by atoms with Gasteiger partial charge in [-0.15, -0.1) is 71.8 Å². The average molecular weight is 2200 g/mol. The fourth-order valence-electron chi connectivity index (χ4n) is 16.8. The topological polar surface area (TPSA) is 596 Å². The lowest BCUT2D eigenvalue weighted by Crippen LogP contribution is -2.42. The number of esters is 1. The number of carbonyl (C=O) groups excluding carboxylic acids is 2. The number of carboxylic acid groups (broad SMARTS) is 1. The lowest BCUT2D eigenvalue weighted by atomic mass is 9.98. The molecule has 13 rings (SSSR count). The van der Waals surface area contributed by atoms with E-state index in [2.05, 4.69) is 181 Å². The van der Waals surface area contributed by atoms with Gasteiger partial charge in [0, 0.05) is 68.6 Å². The molecular formula is C101H157BrN17O22P5. The van der Waals surface area contributed by atoms with Gasteiger partial charge >= 0.3 is 18.1 Å². The number of halogens is 1. The zero-order chi connectivity index (χ0) is 108. The number of amidine groups is 3. The summed E-state index contributed by atoms with van der Waals surface area (Å²) in [5.74, 6) is 5.32. The molecule has 22 atom stereocenters. The van der Waals surface area contributed by atoms with Crippen LogP contribution in [0.3, 0.4) is 0 Å². The molecule has 5 fully saturated rings. The van der Waals surface area contributed by atoms with Gasteiger partial charge in [-0.25, -0.2) is 19.8 Å². The maximum atomic E-state index is 12.7. The van der Waals surface area contributed by atoms with Crippen LogP contribution in [0.5, 0.6) is 0 Å². The number of unbranched alkanes of at least 4 members (excludes halogenated alkanes) is 1. The van der Waals surface area contributed by atoms with E-state index in [0.29, 0.717) is 108 Å². The summed E-state index contributed by atoms with van der Waals surface area (Å²) in [4.78, 5) is 70.6. The van der Waals surface area contributed by atoms with E-state index in [1.165, 1.54) is 4.57 Å². The second kappa shape index (κ2) is 53.9. The van der Waals surface area contributed by atoms with Crippen molar-refractivity contribution in [2.45, 2.75) is 221 Å². The van der Waals surface area contributed by atoms with Crippen molar-refractivity contribution in [2.75, 3.05) is 135 Å². The Bertz CT molecular complexity index is 5890. The Labute approximate surface area is 866 Å². The molecule has 39 nitrogen and oxygen atoms in total. The molecule has 10 heterocycles. The first-order valence-corrected chi connectivity index (χ1v) is 64.1. The summed E-state index contributed by atoms with van der Waals surface area (Å²) in [6.07, 6.45) is 21.2. The number of nitrogen functional groups attached to an aromatic ring is 2. The molecule has 8 aliphatic heterocycles. The van der Waals surface area contributed by atoms with Crippen LogP contribution in [0.4, 0.5) is 16.4 Å². The highest BCUT2D eigenvalue weighted by molar-refractivity contribution is 9.12. The Morgan fingerprint density at radius 1 is 0.486 bits per heavy atom. The minimum Gasteiger partial charge on any atom is -0.481 e. The van der Waals surface area contributed by atoms with Gasteiger partial charge in [-0.3, -0.25) is 28.7 Å². The van der Waals surface area contributed by atoms with E-state index in [1.807, 2.05) is 48.5 Å². The van der Waals surface area contributed by atoms with Crippen molar-refractivity contribution in [3.8, 4) is 23.0 Å². The van der Waals surface area contributed by atoms with E-state index in [9.17, 15) is 65.4 Å². The molecule has 2 aromatic heterocycles. The van der Waals surface area contributed by atoms with Gasteiger partial charge in [0.15, 0.2) is 31.1 Å². The maximum Gasteiger partial charge on any atom is 0.516 e. The zero-order valence-corrected chi connectivity index (χ0v) is 91.4. The summed E-state index contributed by atoms with van der Waals surface area (Å²) >= 11 is 3.29. The number of fused-ring (bicyclic) bond motifs is 3. The van der Waals surface area contributed by atoms with E-state index in [0.717, 1.165) is 59.5 Å². The number of aromatic nitrogens is 4. The predicted octanol–water partition coefficient (Wildman–Crippen LogP) is 6.65. The molecule has 0 bridgehead atoms. The molecule has 5 saturated heterocycles. The number of hydrogen-bond donors (Lipinski definition) is 17. The van der Waals surface area contributed by atoms with Crippen LogP contribution in [0.25, 0.3) is 11.1 Å². The molecule has 146 heavy (non-hydrogen) atoms. The summed E-state index contributed by atoms with van der Waals surface area (Å²) in [6.45, 7) is 32.0. The highest BCUT2D eigenvalue weighted by Gasteiger charge is 2.51. The molecule has 22 N–H and O–H groups in total. The Kier molecular flexibility index (Phi) is 45.2.